The Hall–Kier alpha value is -4.78. The first-order valence-electron chi connectivity index (χ1n) is 13.6. The summed E-state index contributed by atoms with van der Waals surface area (Å²) in [4.78, 5) is 16.1. The van der Waals surface area contributed by atoms with Crippen molar-refractivity contribution in [1.29, 1.82) is 0 Å². The highest BCUT2D eigenvalue weighted by molar-refractivity contribution is 5.90. The molecule has 1 aliphatic rings. The number of aromatic nitrogens is 3. The molecule has 0 aliphatic carbocycles. The molecule has 6 rings (SSSR count). The molecule has 1 atom stereocenters. The summed E-state index contributed by atoms with van der Waals surface area (Å²) in [7, 11) is 1.66. The highest BCUT2D eigenvalue weighted by Crippen LogP contribution is 2.39. The average molecular weight is 532 g/mol. The Morgan fingerprint density at radius 3 is 2.45 bits per heavy atom. The molecule has 0 saturated heterocycles. The van der Waals surface area contributed by atoms with Crippen molar-refractivity contribution >= 4 is 11.7 Å². The van der Waals surface area contributed by atoms with Crippen LogP contribution in [0.4, 0.5) is 10.5 Å². The maximum Gasteiger partial charge on any atom is 0.322 e. The number of amides is 2. The number of para-hydroxylation sites is 1. The third-order valence-electron chi connectivity index (χ3n) is 7.75. The number of carbonyl (C=O) groups is 1. The van der Waals surface area contributed by atoms with E-state index in [1.165, 1.54) is 5.56 Å². The zero-order chi connectivity index (χ0) is 27.8. The van der Waals surface area contributed by atoms with Gasteiger partial charge in [0.25, 0.3) is 0 Å². The summed E-state index contributed by atoms with van der Waals surface area (Å²) in [6, 6.07) is 27.8. The van der Waals surface area contributed by atoms with Gasteiger partial charge in [0.2, 0.25) is 0 Å². The van der Waals surface area contributed by atoms with Gasteiger partial charge in [0.15, 0.2) is 0 Å². The molecule has 2 aromatic heterocycles. The summed E-state index contributed by atoms with van der Waals surface area (Å²) < 4.78 is 9.63. The van der Waals surface area contributed by atoms with Gasteiger partial charge in [0, 0.05) is 17.4 Å². The Morgan fingerprint density at radius 1 is 0.975 bits per heavy atom. The van der Waals surface area contributed by atoms with E-state index in [0.29, 0.717) is 6.54 Å². The van der Waals surface area contributed by atoms with E-state index in [9.17, 15) is 4.79 Å². The first kappa shape index (κ1) is 25.5. The SMILES string of the molecule is CCc1nn(-c2ccccc2)c2c1CN(C(=O)Nc1ccc(C)c(C)c1)C(c1ccc(OC)cc1)c1cccn1-2. The standard InChI is InChI=1S/C33H33N5O2/c1-5-29-28-21-37(33(39)34-25-16-13-22(2)23(3)20-25)31(24-14-17-27(40-4)18-15-24)30-12-9-19-36(30)32(28)38(35-29)26-10-7-6-8-11-26/h6-20,31H,5,21H2,1-4H3,(H,34,39). The topological polar surface area (TPSA) is 64.3 Å². The number of anilines is 1. The molecule has 0 radical (unpaired) electrons. The van der Waals surface area contributed by atoms with Gasteiger partial charge < -0.3 is 19.5 Å². The lowest BCUT2D eigenvalue weighted by Crippen LogP contribution is -2.38. The molecule has 0 fully saturated rings. The minimum Gasteiger partial charge on any atom is -0.497 e. The van der Waals surface area contributed by atoms with Crippen molar-refractivity contribution in [3.8, 4) is 17.3 Å². The second-order valence-corrected chi connectivity index (χ2v) is 10.2. The summed E-state index contributed by atoms with van der Waals surface area (Å²) in [6.07, 6.45) is 2.81. The van der Waals surface area contributed by atoms with Gasteiger partial charge >= 0.3 is 6.03 Å². The number of fused-ring (bicyclic) bond motifs is 3. The molecule has 0 spiro atoms. The molecule has 0 bridgehead atoms. The van der Waals surface area contributed by atoms with Crippen LogP contribution in [0.5, 0.6) is 5.75 Å². The van der Waals surface area contributed by atoms with Crippen LogP contribution in [0.15, 0.2) is 91.1 Å². The van der Waals surface area contributed by atoms with E-state index in [0.717, 1.165) is 57.4 Å². The number of benzene rings is 3. The maximum absolute atomic E-state index is 14.2. The number of urea groups is 1. The number of carbonyl (C=O) groups excluding carboxylic acids is 1. The predicted octanol–water partition coefficient (Wildman–Crippen LogP) is 6.99. The third-order valence-corrected chi connectivity index (χ3v) is 7.75. The van der Waals surface area contributed by atoms with Crippen molar-refractivity contribution in [3.05, 3.63) is 125 Å². The minimum atomic E-state index is -0.339. The molecule has 0 saturated carbocycles. The molecule has 1 unspecified atom stereocenters. The quantitative estimate of drug-likeness (QED) is 0.266. The molecule has 7 nitrogen and oxygen atoms in total. The number of hydrogen-bond donors (Lipinski definition) is 1. The number of ether oxygens (including phenoxy) is 1. The lowest BCUT2D eigenvalue weighted by molar-refractivity contribution is 0.194. The number of nitrogens with one attached hydrogen (secondary N) is 1. The van der Waals surface area contributed by atoms with Gasteiger partial charge in [-0.3, -0.25) is 0 Å². The summed E-state index contributed by atoms with van der Waals surface area (Å²) in [5.74, 6) is 1.73. The van der Waals surface area contributed by atoms with Crippen molar-refractivity contribution in [3.63, 3.8) is 0 Å². The fourth-order valence-electron chi connectivity index (χ4n) is 5.50. The van der Waals surface area contributed by atoms with Gasteiger partial charge in [-0.15, -0.1) is 0 Å². The normalized spacial score (nSPS) is 14.3. The van der Waals surface area contributed by atoms with E-state index in [4.69, 9.17) is 9.84 Å². The minimum absolute atomic E-state index is 0.167. The maximum atomic E-state index is 14.2. The number of rotatable bonds is 5. The summed E-state index contributed by atoms with van der Waals surface area (Å²) >= 11 is 0. The lowest BCUT2D eigenvalue weighted by atomic mass is 10.0. The first-order chi connectivity index (χ1) is 19.5. The van der Waals surface area contributed by atoms with Gasteiger partial charge in [-0.05, 0) is 85.5 Å². The number of nitrogens with zero attached hydrogens (tertiary/aromatic N) is 4. The van der Waals surface area contributed by atoms with Crippen LogP contribution in [-0.4, -0.2) is 32.4 Å². The Bertz CT molecular complexity index is 1670. The molecule has 40 heavy (non-hydrogen) atoms. The Kier molecular flexibility index (Phi) is 6.64. The molecule has 7 heteroatoms. The average Bonchev–Trinajstić information content (AvgIpc) is 3.56. The van der Waals surface area contributed by atoms with Crippen LogP contribution in [-0.2, 0) is 13.0 Å². The monoisotopic (exact) mass is 531 g/mol. The molecule has 2 amide bonds. The van der Waals surface area contributed by atoms with E-state index in [-0.39, 0.29) is 12.1 Å². The van der Waals surface area contributed by atoms with Crippen molar-refractivity contribution < 1.29 is 9.53 Å². The van der Waals surface area contributed by atoms with E-state index < -0.39 is 0 Å². The molecule has 1 N–H and O–H groups in total. The Labute approximate surface area is 234 Å². The molecule has 5 aromatic rings. The zero-order valence-electron chi connectivity index (χ0n) is 23.3. The van der Waals surface area contributed by atoms with Crippen molar-refractivity contribution in [2.75, 3.05) is 12.4 Å². The van der Waals surface area contributed by atoms with Crippen LogP contribution < -0.4 is 10.1 Å². The molecule has 3 aromatic carbocycles. The number of hydrogen-bond acceptors (Lipinski definition) is 3. The zero-order valence-corrected chi connectivity index (χ0v) is 23.3. The summed E-state index contributed by atoms with van der Waals surface area (Å²) in [6.45, 7) is 6.64. The smallest absolute Gasteiger partial charge is 0.322 e. The number of methoxy groups -OCH3 is 1. The van der Waals surface area contributed by atoms with Crippen molar-refractivity contribution in [1.82, 2.24) is 19.2 Å². The van der Waals surface area contributed by atoms with Crippen molar-refractivity contribution in [2.24, 2.45) is 0 Å². The van der Waals surface area contributed by atoms with Crippen LogP contribution >= 0.6 is 0 Å². The first-order valence-corrected chi connectivity index (χ1v) is 13.6. The molecular formula is C33H33N5O2. The van der Waals surface area contributed by atoms with Gasteiger partial charge in [-0.2, -0.15) is 5.10 Å². The highest BCUT2D eigenvalue weighted by atomic mass is 16.5. The predicted molar refractivity (Wildman–Crippen MR) is 158 cm³/mol. The van der Waals surface area contributed by atoms with Crippen molar-refractivity contribution in [2.45, 2.75) is 39.8 Å². The van der Waals surface area contributed by atoms with Gasteiger partial charge in [-0.1, -0.05) is 43.3 Å². The summed E-state index contributed by atoms with van der Waals surface area (Å²) in [5, 5.41) is 8.23. The van der Waals surface area contributed by atoms with Crippen LogP contribution in [0.3, 0.4) is 0 Å². The molecule has 3 heterocycles. The third kappa shape index (κ3) is 4.43. The van der Waals surface area contributed by atoms with Gasteiger partial charge in [-0.25, -0.2) is 9.48 Å². The second kappa shape index (κ2) is 10.4. The molecular weight excluding hydrogens is 498 g/mol. The highest BCUT2D eigenvalue weighted by Gasteiger charge is 2.36. The Balaban J connectivity index is 1.53. The van der Waals surface area contributed by atoms with E-state index in [1.807, 2.05) is 76.3 Å². The fraction of sp³-hybridized carbons (Fsp3) is 0.212. The Morgan fingerprint density at radius 2 is 1.75 bits per heavy atom. The lowest BCUT2D eigenvalue weighted by Gasteiger charge is -2.31. The summed E-state index contributed by atoms with van der Waals surface area (Å²) in [5.41, 5.74) is 8.07. The number of aryl methyl sites for hydroxylation is 3. The van der Waals surface area contributed by atoms with E-state index >= 15 is 0 Å². The van der Waals surface area contributed by atoms with Crippen LogP contribution in [0.25, 0.3) is 11.5 Å². The van der Waals surface area contributed by atoms with E-state index in [2.05, 4.69) is 55.1 Å². The van der Waals surface area contributed by atoms with Gasteiger partial charge in [0.1, 0.15) is 11.6 Å². The fourth-order valence-corrected chi connectivity index (χ4v) is 5.50. The van der Waals surface area contributed by atoms with Crippen LogP contribution in [0.2, 0.25) is 0 Å². The molecule has 202 valence electrons. The van der Waals surface area contributed by atoms with Crippen LogP contribution in [0, 0.1) is 13.8 Å². The van der Waals surface area contributed by atoms with Gasteiger partial charge in [0.05, 0.1) is 36.8 Å². The largest absolute Gasteiger partial charge is 0.497 e. The second-order valence-electron chi connectivity index (χ2n) is 10.2. The van der Waals surface area contributed by atoms with Crippen LogP contribution in [0.1, 0.15) is 46.6 Å². The van der Waals surface area contributed by atoms with E-state index in [1.54, 1.807) is 7.11 Å². The molecule has 1 aliphatic heterocycles.